The molecule has 0 saturated heterocycles. The zero-order valence-electron chi connectivity index (χ0n) is 36.6. The molecular weight excluding hydrogens is 829 g/mol. The molecule has 0 amide bonds. The number of nitrogens with zero attached hydrogens (tertiary/aromatic N) is 2. The maximum absolute atomic E-state index is 2.37. The Labute approximate surface area is 393 Å². The van der Waals surface area contributed by atoms with Gasteiger partial charge in [0.05, 0.1) is 11.0 Å². The Bertz CT molecular complexity index is 3880. The third-order valence-corrected chi connectivity index (χ3v) is 14.6. The number of aromatic nitrogens is 1. The van der Waals surface area contributed by atoms with Crippen molar-refractivity contribution in [3.05, 3.63) is 255 Å². The number of hydrogen-bond acceptors (Lipinski definition) is 2. The van der Waals surface area contributed by atoms with Crippen molar-refractivity contribution in [3.63, 3.8) is 0 Å². The molecule has 0 aliphatic carbocycles. The van der Waals surface area contributed by atoms with Crippen molar-refractivity contribution in [1.82, 2.24) is 4.57 Å². The van der Waals surface area contributed by atoms with Gasteiger partial charge < -0.3 is 9.47 Å². The maximum atomic E-state index is 2.37. The second-order valence-electron chi connectivity index (χ2n) is 17.3. The van der Waals surface area contributed by atoms with E-state index in [0.29, 0.717) is 0 Å². The van der Waals surface area contributed by atoms with E-state index in [1.165, 1.54) is 97.3 Å². The molecule has 3 heteroatoms. The van der Waals surface area contributed by atoms with Crippen LogP contribution in [0.1, 0.15) is 0 Å². The Morgan fingerprint density at radius 3 is 1.22 bits per heavy atom. The average Bonchev–Trinajstić information content (AvgIpc) is 3.95. The quantitative estimate of drug-likeness (QED) is 0.148. The molecule has 0 atom stereocenters. The molecule has 67 heavy (non-hydrogen) atoms. The number of benzene rings is 11. The van der Waals surface area contributed by atoms with Gasteiger partial charge in [-0.15, -0.1) is 11.3 Å². The van der Waals surface area contributed by atoms with Crippen molar-refractivity contribution in [2.24, 2.45) is 0 Å². The van der Waals surface area contributed by atoms with E-state index in [1.54, 1.807) is 0 Å². The van der Waals surface area contributed by atoms with Crippen molar-refractivity contribution < 1.29 is 0 Å². The minimum absolute atomic E-state index is 1.09. The van der Waals surface area contributed by atoms with E-state index < -0.39 is 0 Å². The molecule has 11 aromatic carbocycles. The van der Waals surface area contributed by atoms with Crippen LogP contribution in [0, 0.1) is 0 Å². The molecule has 13 rings (SSSR count). The first-order valence-corrected chi connectivity index (χ1v) is 23.7. The fraction of sp³-hybridized carbons (Fsp3) is 0. The highest BCUT2D eigenvalue weighted by Crippen LogP contribution is 2.41. The van der Waals surface area contributed by atoms with Gasteiger partial charge in [0.15, 0.2) is 0 Å². The average molecular weight is 871 g/mol. The fourth-order valence-electron chi connectivity index (χ4n) is 9.99. The van der Waals surface area contributed by atoms with Crippen molar-refractivity contribution in [1.29, 1.82) is 0 Å². The summed E-state index contributed by atoms with van der Waals surface area (Å²) in [6, 6.07) is 93.1. The number of rotatable bonds is 8. The van der Waals surface area contributed by atoms with E-state index in [-0.39, 0.29) is 0 Å². The van der Waals surface area contributed by atoms with Gasteiger partial charge in [-0.25, -0.2) is 0 Å². The lowest BCUT2D eigenvalue weighted by atomic mass is 9.98. The minimum atomic E-state index is 1.09. The minimum Gasteiger partial charge on any atom is -0.311 e. The standard InChI is InChI=1S/C64H42N2S/c1-2-10-50-41-51(22-21-43(50)9-1)48-19-17-44(18-20-48)45-23-32-53(33-24-45)65(55-36-29-49(30-37-55)52-31-40-64-60(42-52)59-13-5-8-16-63(59)67-64)54-34-25-46(26-35-54)47-27-38-56(39-28-47)66-61-14-6-3-11-57(61)58-12-4-7-15-62(58)66/h1-42H. The summed E-state index contributed by atoms with van der Waals surface area (Å²) in [4.78, 5) is 2.36. The molecule has 0 bridgehead atoms. The molecular formula is C64H42N2S. The van der Waals surface area contributed by atoms with Gasteiger partial charge in [0.1, 0.15) is 0 Å². The van der Waals surface area contributed by atoms with Crippen LogP contribution >= 0.6 is 11.3 Å². The van der Waals surface area contributed by atoms with Gasteiger partial charge in [-0.2, -0.15) is 0 Å². The fourth-order valence-corrected chi connectivity index (χ4v) is 11.1. The molecule has 0 fully saturated rings. The van der Waals surface area contributed by atoms with Crippen molar-refractivity contribution in [2.45, 2.75) is 0 Å². The van der Waals surface area contributed by atoms with E-state index in [0.717, 1.165) is 22.7 Å². The van der Waals surface area contributed by atoms with E-state index in [1.807, 2.05) is 11.3 Å². The molecule has 2 aromatic heterocycles. The zero-order valence-corrected chi connectivity index (χ0v) is 37.4. The molecule has 0 radical (unpaired) electrons. The van der Waals surface area contributed by atoms with Gasteiger partial charge in [-0.05, 0) is 140 Å². The van der Waals surface area contributed by atoms with Crippen LogP contribution in [0.2, 0.25) is 0 Å². The topological polar surface area (TPSA) is 8.17 Å². The first kappa shape index (κ1) is 38.9. The number of para-hydroxylation sites is 2. The molecule has 13 aromatic rings. The first-order valence-electron chi connectivity index (χ1n) is 22.9. The third-order valence-electron chi connectivity index (χ3n) is 13.4. The van der Waals surface area contributed by atoms with Crippen LogP contribution in [-0.2, 0) is 0 Å². The van der Waals surface area contributed by atoms with Gasteiger partial charge in [0.25, 0.3) is 0 Å². The van der Waals surface area contributed by atoms with E-state index >= 15 is 0 Å². The lowest BCUT2D eigenvalue weighted by Crippen LogP contribution is -2.09. The van der Waals surface area contributed by atoms with Crippen LogP contribution in [0.5, 0.6) is 0 Å². The van der Waals surface area contributed by atoms with Gasteiger partial charge in [-0.3, -0.25) is 0 Å². The van der Waals surface area contributed by atoms with Crippen molar-refractivity contribution >= 4 is 81.1 Å². The lowest BCUT2D eigenvalue weighted by Gasteiger charge is -2.26. The summed E-state index contributed by atoms with van der Waals surface area (Å²) < 4.78 is 5.02. The predicted octanol–water partition coefficient (Wildman–Crippen LogP) is 18.4. The summed E-state index contributed by atoms with van der Waals surface area (Å²) in [6.45, 7) is 0. The molecule has 0 N–H and O–H groups in total. The highest BCUT2D eigenvalue weighted by atomic mass is 32.1. The monoisotopic (exact) mass is 870 g/mol. The summed E-state index contributed by atoms with van der Waals surface area (Å²) in [5.41, 5.74) is 16.5. The van der Waals surface area contributed by atoms with Crippen LogP contribution in [0.15, 0.2) is 255 Å². The SMILES string of the molecule is c1ccc2cc(-c3ccc(-c4ccc(N(c5ccc(-c6ccc(-n7c8ccccc8c8ccccc87)cc6)cc5)c5ccc(-c6ccc7sc8ccccc8c7c6)cc5)cc4)cc3)ccc2c1. The summed E-state index contributed by atoms with van der Waals surface area (Å²) in [6.07, 6.45) is 0. The van der Waals surface area contributed by atoms with Gasteiger partial charge in [0.2, 0.25) is 0 Å². The largest absolute Gasteiger partial charge is 0.311 e. The van der Waals surface area contributed by atoms with Crippen LogP contribution in [0.3, 0.4) is 0 Å². The normalized spacial score (nSPS) is 11.6. The van der Waals surface area contributed by atoms with Gasteiger partial charge >= 0.3 is 0 Å². The van der Waals surface area contributed by atoms with Gasteiger partial charge in [-0.1, -0.05) is 170 Å². The molecule has 0 aliphatic rings. The highest BCUT2D eigenvalue weighted by Gasteiger charge is 2.16. The molecule has 0 spiro atoms. The Kier molecular flexibility index (Phi) is 9.40. The summed E-state index contributed by atoms with van der Waals surface area (Å²) in [5.74, 6) is 0. The predicted molar refractivity (Wildman–Crippen MR) is 288 cm³/mol. The highest BCUT2D eigenvalue weighted by molar-refractivity contribution is 7.25. The lowest BCUT2D eigenvalue weighted by molar-refractivity contribution is 1.18. The number of anilines is 3. The first-order chi connectivity index (χ1) is 33.2. The summed E-state index contributed by atoms with van der Waals surface area (Å²) >= 11 is 1.86. The maximum Gasteiger partial charge on any atom is 0.0541 e. The smallest absolute Gasteiger partial charge is 0.0541 e. The van der Waals surface area contributed by atoms with Crippen LogP contribution in [0.25, 0.3) is 103 Å². The molecule has 0 saturated carbocycles. The molecule has 2 nitrogen and oxygen atoms in total. The Morgan fingerprint density at radius 1 is 0.269 bits per heavy atom. The number of thiophene rings is 1. The van der Waals surface area contributed by atoms with Crippen molar-refractivity contribution in [2.75, 3.05) is 4.90 Å². The molecule has 2 heterocycles. The molecule has 314 valence electrons. The van der Waals surface area contributed by atoms with Crippen LogP contribution in [-0.4, -0.2) is 4.57 Å². The third kappa shape index (κ3) is 6.96. The van der Waals surface area contributed by atoms with E-state index in [2.05, 4.69) is 264 Å². The van der Waals surface area contributed by atoms with E-state index in [9.17, 15) is 0 Å². The van der Waals surface area contributed by atoms with Crippen LogP contribution in [0.4, 0.5) is 17.1 Å². The zero-order chi connectivity index (χ0) is 44.3. The Morgan fingerprint density at radius 2 is 0.657 bits per heavy atom. The van der Waals surface area contributed by atoms with Crippen molar-refractivity contribution in [3.8, 4) is 50.2 Å². The molecule has 0 unspecified atom stereocenters. The number of fused-ring (bicyclic) bond motifs is 7. The Balaban J connectivity index is 0.827. The second-order valence-corrected chi connectivity index (χ2v) is 18.4. The second kappa shape index (κ2) is 16.2. The summed E-state index contributed by atoms with van der Waals surface area (Å²) in [7, 11) is 0. The summed E-state index contributed by atoms with van der Waals surface area (Å²) in [5, 5.41) is 7.69. The number of hydrogen-bond donors (Lipinski definition) is 0. The van der Waals surface area contributed by atoms with Gasteiger partial charge in [0, 0.05) is 53.7 Å². The van der Waals surface area contributed by atoms with Crippen LogP contribution < -0.4 is 4.90 Å². The molecule has 0 aliphatic heterocycles. The Hall–Kier alpha value is -8.50. The van der Waals surface area contributed by atoms with E-state index in [4.69, 9.17) is 0 Å².